The number of rotatable bonds is 2. The Kier molecular flexibility index (Phi) is 3.77. The van der Waals surface area contributed by atoms with Gasteiger partial charge in [-0.15, -0.1) is 0 Å². The number of benzene rings is 1. The van der Waals surface area contributed by atoms with Crippen molar-refractivity contribution in [3.05, 3.63) is 52.8 Å². The lowest BCUT2D eigenvalue weighted by atomic mass is 10.0. The summed E-state index contributed by atoms with van der Waals surface area (Å²) in [5.74, 6) is -0.00777. The lowest BCUT2D eigenvalue weighted by molar-refractivity contribution is 0.0827. The van der Waals surface area contributed by atoms with Crippen LogP contribution in [-0.4, -0.2) is 29.9 Å². The summed E-state index contributed by atoms with van der Waals surface area (Å²) in [7, 11) is 3.49. The van der Waals surface area contributed by atoms with Gasteiger partial charge in [0.2, 0.25) is 0 Å². The van der Waals surface area contributed by atoms with E-state index in [4.69, 9.17) is 0 Å². The number of hydrogen-bond donors (Lipinski definition) is 0. The third-order valence-corrected chi connectivity index (χ3v) is 3.02. The van der Waals surface area contributed by atoms with Crippen molar-refractivity contribution < 1.29 is 4.79 Å². The van der Waals surface area contributed by atoms with Crippen molar-refractivity contribution in [2.45, 2.75) is 0 Å². The van der Waals surface area contributed by atoms with E-state index in [1.165, 1.54) is 0 Å². The van der Waals surface area contributed by atoms with Crippen molar-refractivity contribution in [2.24, 2.45) is 0 Å². The monoisotopic (exact) mass is 304 g/mol. The first kappa shape index (κ1) is 12.8. The molecule has 0 aliphatic rings. The number of hydrogen-bond acceptors (Lipinski definition) is 2. The van der Waals surface area contributed by atoms with Gasteiger partial charge in [0.1, 0.15) is 0 Å². The minimum atomic E-state index is -0.00777. The fraction of sp³-hybridized carbons (Fsp3) is 0.143. The minimum absolute atomic E-state index is 0.00777. The molecule has 4 heteroatoms. The van der Waals surface area contributed by atoms with E-state index in [9.17, 15) is 4.79 Å². The molecule has 0 aliphatic heterocycles. The molecule has 1 aromatic carbocycles. The van der Waals surface area contributed by atoms with Gasteiger partial charge in [0.05, 0.1) is 0 Å². The maximum Gasteiger partial charge on any atom is 0.253 e. The quantitative estimate of drug-likeness (QED) is 0.853. The molecule has 0 bridgehead atoms. The van der Waals surface area contributed by atoms with Crippen molar-refractivity contribution in [1.82, 2.24) is 9.88 Å². The van der Waals surface area contributed by atoms with Gasteiger partial charge in [-0.3, -0.25) is 9.78 Å². The number of pyridine rings is 1. The van der Waals surface area contributed by atoms with E-state index in [2.05, 4.69) is 20.9 Å². The zero-order valence-corrected chi connectivity index (χ0v) is 11.8. The predicted molar refractivity (Wildman–Crippen MR) is 75.4 cm³/mol. The van der Waals surface area contributed by atoms with Crippen LogP contribution in [0.5, 0.6) is 0 Å². The standard InChI is InChI=1S/C14H13BrN2O/c1-17(2)14(18)12-7-11(8-13(15)9-12)10-3-5-16-6-4-10/h3-9H,1-2H3. The first-order chi connectivity index (χ1) is 8.58. The first-order valence-corrected chi connectivity index (χ1v) is 6.30. The third-order valence-electron chi connectivity index (χ3n) is 2.56. The summed E-state index contributed by atoms with van der Waals surface area (Å²) >= 11 is 3.44. The van der Waals surface area contributed by atoms with Crippen molar-refractivity contribution in [3.63, 3.8) is 0 Å². The topological polar surface area (TPSA) is 33.2 Å². The van der Waals surface area contributed by atoms with Gasteiger partial charge in [-0.25, -0.2) is 0 Å². The zero-order valence-electron chi connectivity index (χ0n) is 10.2. The Hall–Kier alpha value is -1.68. The van der Waals surface area contributed by atoms with Gasteiger partial charge >= 0.3 is 0 Å². The molecule has 2 aromatic rings. The molecule has 0 spiro atoms. The van der Waals surface area contributed by atoms with Crippen LogP contribution >= 0.6 is 15.9 Å². The highest BCUT2D eigenvalue weighted by atomic mass is 79.9. The van der Waals surface area contributed by atoms with E-state index in [0.29, 0.717) is 5.56 Å². The number of aromatic nitrogens is 1. The molecule has 3 nitrogen and oxygen atoms in total. The van der Waals surface area contributed by atoms with Gasteiger partial charge in [-0.2, -0.15) is 0 Å². The highest BCUT2D eigenvalue weighted by molar-refractivity contribution is 9.10. The zero-order chi connectivity index (χ0) is 13.1. The number of halogens is 1. The molecule has 0 aliphatic carbocycles. The number of carbonyl (C=O) groups excluding carboxylic acids is 1. The summed E-state index contributed by atoms with van der Waals surface area (Å²) in [5, 5.41) is 0. The molecule has 0 atom stereocenters. The van der Waals surface area contributed by atoms with Crippen LogP contribution in [0.25, 0.3) is 11.1 Å². The Bertz CT molecular complexity index is 567. The summed E-state index contributed by atoms with van der Waals surface area (Å²) < 4.78 is 0.891. The molecule has 0 fully saturated rings. The first-order valence-electron chi connectivity index (χ1n) is 5.50. The average molecular weight is 305 g/mol. The van der Waals surface area contributed by atoms with Crippen molar-refractivity contribution in [3.8, 4) is 11.1 Å². The Morgan fingerprint density at radius 2 is 1.78 bits per heavy atom. The Morgan fingerprint density at radius 3 is 2.39 bits per heavy atom. The van der Waals surface area contributed by atoms with Gasteiger partial charge < -0.3 is 4.90 Å². The van der Waals surface area contributed by atoms with Gasteiger partial charge in [-0.1, -0.05) is 15.9 Å². The molecular weight excluding hydrogens is 292 g/mol. The molecule has 1 amide bonds. The fourth-order valence-electron chi connectivity index (χ4n) is 1.68. The van der Waals surface area contributed by atoms with Crippen LogP contribution in [0.3, 0.4) is 0 Å². The van der Waals surface area contributed by atoms with E-state index in [1.807, 2.05) is 30.3 Å². The van der Waals surface area contributed by atoms with Crippen LogP contribution in [0.15, 0.2) is 47.2 Å². The van der Waals surface area contributed by atoms with E-state index >= 15 is 0 Å². The Labute approximate surface area is 115 Å². The summed E-state index contributed by atoms with van der Waals surface area (Å²) in [4.78, 5) is 17.5. The second kappa shape index (κ2) is 5.31. The van der Waals surface area contributed by atoms with Gasteiger partial charge in [-0.05, 0) is 41.5 Å². The Balaban J connectivity index is 2.48. The summed E-state index contributed by atoms with van der Waals surface area (Å²) in [5.41, 5.74) is 2.71. The molecule has 18 heavy (non-hydrogen) atoms. The molecule has 92 valence electrons. The smallest absolute Gasteiger partial charge is 0.253 e. The fourth-order valence-corrected chi connectivity index (χ4v) is 2.18. The van der Waals surface area contributed by atoms with Gasteiger partial charge in [0.25, 0.3) is 5.91 Å². The summed E-state index contributed by atoms with van der Waals surface area (Å²) in [6.45, 7) is 0. The van der Waals surface area contributed by atoms with E-state index < -0.39 is 0 Å². The Morgan fingerprint density at radius 1 is 1.11 bits per heavy atom. The summed E-state index contributed by atoms with van der Waals surface area (Å²) in [6, 6.07) is 9.55. The molecule has 0 unspecified atom stereocenters. The number of nitrogens with zero attached hydrogens (tertiary/aromatic N) is 2. The van der Waals surface area contributed by atoms with Gasteiger partial charge in [0, 0.05) is 36.5 Å². The molecule has 0 radical (unpaired) electrons. The molecule has 1 heterocycles. The normalized spacial score (nSPS) is 10.2. The van der Waals surface area contributed by atoms with Crippen LogP contribution in [0, 0.1) is 0 Å². The number of amides is 1. The maximum absolute atomic E-state index is 12.0. The molecule has 0 N–H and O–H groups in total. The highest BCUT2D eigenvalue weighted by Crippen LogP contribution is 2.25. The van der Waals surface area contributed by atoms with Crippen molar-refractivity contribution >= 4 is 21.8 Å². The minimum Gasteiger partial charge on any atom is -0.345 e. The molecule has 0 saturated heterocycles. The van der Waals surface area contributed by atoms with Crippen molar-refractivity contribution in [2.75, 3.05) is 14.1 Å². The van der Waals surface area contributed by atoms with Crippen LogP contribution in [0.4, 0.5) is 0 Å². The van der Waals surface area contributed by atoms with Crippen LogP contribution in [0.1, 0.15) is 10.4 Å². The largest absolute Gasteiger partial charge is 0.345 e. The molecule has 1 aromatic heterocycles. The predicted octanol–water partition coefficient (Wildman–Crippen LogP) is 3.21. The number of carbonyl (C=O) groups is 1. The summed E-state index contributed by atoms with van der Waals surface area (Å²) in [6.07, 6.45) is 3.48. The highest BCUT2D eigenvalue weighted by Gasteiger charge is 2.10. The second-order valence-electron chi connectivity index (χ2n) is 4.16. The average Bonchev–Trinajstić information content (AvgIpc) is 2.38. The molecule has 2 rings (SSSR count). The second-order valence-corrected chi connectivity index (χ2v) is 5.08. The third kappa shape index (κ3) is 2.76. The van der Waals surface area contributed by atoms with E-state index in [-0.39, 0.29) is 5.91 Å². The van der Waals surface area contributed by atoms with Crippen LogP contribution in [-0.2, 0) is 0 Å². The van der Waals surface area contributed by atoms with Crippen molar-refractivity contribution in [1.29, 1.82) is 0 Å². The molecular formula is C14H13BrN2O. The lowest BCUT2D eigenvalue weighted by Gasteiger charge is -2.12. The maximum atomic E-state index is 12.0. The van der Waals surface area contributed by atoms with E-state index in [0.717, 1.165) is 15.6 Å². The molecule has 0 saturated carbocycles. The lowest BCUT2D eigenvalue weighted by Crippen LogP contribution is -2.21. The van der Waals surface area contributed by atoms with Gasteiger partial charge in [0.15, 0.2) is 0 Å². The van der Waals surface area contributed by atoms with Crippen LogP contribution in [0.2, 0.25) is 0 Å². The van der Waals surface area contributed by atoms with Crippen LogP contribution < -0.4 is 0 Å². The van der Waals surface area contributed by atoms with E-state index in [1.54, 1.807) is 31.4 Å². The SMILES string of the molecule is CN(C)C(=O)c1cc(Br)cc(-c2ccncc2)c1.